The highest BCUT2D eigenvalue weighted by molar-refractivity contribution is 5.99. The maximum absolute atomic E-state index is 12.1. The molecule has 1 aromatic carbocycles. The Morgan fingerprint density at radius 2 is 1.76 bits per heavy atom. The molecule has 0 heterocycles. The van der Waals surface area contributed by atoms with E-state index >= 15 is 0 Å². The minimum absolute atomic E-state index is 0.106. The Kier molecular flexibility index (Phi) is 6.04. The fourth-order valence-corrected chi connectivity index (χ4v) is 2.76. The van der Waals surface area contributed by atoms with Gasteiger partial charge >= 0.3 is 5.97 Å². The number of non-ortho nitro benzene ring substituents is 1. The molecule has 9 heteroatoms. The molecule has 0 aromatic heterocycles. The number of nitrogens with zero attached hydrogens (tertiary/aromatic N) is 1. The number of amides is 2. The Morgan fingerprint density at radius 1 is 1.12 bits per heavy atom. The summed E-state index contributed by atoms with van der Waals surface area (Å²) in [5.74, 6) is -2.47. The highest BCUT2D eigenvalue weighted by Crippen LogP contribution is 2.18. The van der Waals surface area contributed by atoms with Crippen LogP contribution in [0.2, 0.25) is 0 Å². The second-order valence-corrected chi connectivity index (χ2v) is 5.92. The third-order valence-electron chi connectivity index (χ3n) is 4.02. The average molecular weight is 349 g/mol. The highest BCUT2D eigenvalue weighted by Gasteiger charge is 2.19. The number of carboxylic acids is 1. The molecule has 3 N–H and O–H groups in total. The van der Waals surface area contributed by atoms with Crippen LogP contribution in [-0.4, -0.2) is 40.4 Å². The molecule has 0 aliphatic heterocycles. The Labute approximate surface area is 143 Å². The van der Waals surface area contributed by atoms with Crippen molar-refractivity contribution in [2.24, 2.45) is 0 Å². The first kappa shape index (κ1) is 18.4. The van der Waals surface area contributed by atoms with Gasteiger partial charge in [0.1, 0.15) is 0 Å². The lowest BCUT2D eigenvalue weighted by molar-refractivity contribution is -0.384. The summed E-state index contributed by atoms with van der Waals surface area (Å²) in [6.45, 7) is -0.277. The first-order valence-electron chi connectivity index (χ1n) is 7.97. The van der Waals surface area contributed by atoms with Gasteiger partial charge in [0.15, 0.2) is 0 Å². The molecule has 9 nitrogen and oxygen atoms in total. The Morgan fingerprint density at radius 3 is 2.36 bits per heavy atom. The van der Waals surface area contributed by atoms with Gasteiger partial charge in [-0.05, 0) is 18.9 Å². The van der Waals surface area contributed by atoms with Crippen LogP contribution < -0.4 is 10.6 Å². The highest BCUT2D eigenvalue weighted by atomic mass is 16.6. The average Bonchev–Trinajstić information content (AvgIpc) is 2.60. The van der Waals surface area contributed by atoms with Crippen molar-refractivity contribution in [1.82, 2.24) is 10.6 Å². The van der Waals surface area contributed by atoms with Crippen molar-refractivity contribution >= 4 is 23.5 Å². The van der Waals surface area contributed by atoms with Crippen LogP contribution in [0.25, 0.3) is 0 Å². The largest absolute Gasteiger partial charge is 0.478 e. The van der Waals surface area contributed by atoms with Gasteiger partial charge in [0.2, 0.25) is 5.91 Å². The number of carboxylic acid groups (broad SMARTS) is 1. The van der Waals surface area contributed by atoms with E-state index in [1.165, 1.54) is 0 Å². The van der Waals surface area contributed by atoms with Gasteiger partial charge in [0.05, 0.1) is 17.0 Å². The molecule has 0 atom stereocenters. The predicted molar refractivity (Wildman–Crippen MR) is 87.4 cm³/mol. The number of nitrogens with one attached hydrogen (secondary N) is 2. The van der Waals surface area contributed by atoms with Crippen LogP contribution in [0.15, 0.2) is 18.2 Å². The minimum Gasteiger partial charge on any atom is -0.478 e. The van der Waals surface area contributed by atoms with Crippen LogP contribution in [-0.2, 0) is 4.79 Å². The number of hydrogen-bond donors (Lipinski definition) is 3. The molecule has 25 heavy (non-hydrogen) atoms. The molecular formula is C16H19N3O6. The molecule has 2 rings (SSSR count). The minimum atomic E-state index is -1.38. The third kappa shape index (κ3) is 5.27. The lowest BCUT2D eigenvalue weighted by atomic mass is 9.95. The fourth-order valence-electron chi connectivity index (χ4n) is 2.76. The van der Waals surface area contributed by atoms with Crippen molar-refractivity contribution in [1.29, 1.82) is 0 Å². The van der Waals surface area contributed by atoms with Gasteiger partial charge in [0, 0.05) is 23.7 Å². The molecule has 0 saturated heterocycles. The molecule has 1 aliphatic rings. The Hall–Kier alpha value is -2.97. The van der Waals surface area contributed by atoms with Gasteiger partial charge in [0.25, 0.3) is 11.6 Å². The number of rotatable bonds is 6. The van der Waals surface area contributed by atoms with E-state index in [1.807, 2.05) is 0 Å². The van der Waals surface area contributed by atoms with Gasteiger partial charge < -0.3 is 15.7 Å². The van der Waals surface area contributed by atoms with E-state index in [1.54, 1.807) is 0 Å². The molecule has 1 fully saturated rings. The van der Waals surface area contributed by atoms with Crippen molar-refractivity contribution < 1.29 is 24.4 Å². The Bertz CT molecular complexity index is 665. The number of hydrogen-bond acceptors (Lipinski definition) is 5. The van der Waals surface area contributed by atoms with E-state index in [0.717, 1.165) is 50.3 Å². The number of carbonyl (C=O) groups excluding carboxylic acids is 2. The van der Waals surface area contributed by atoms with Crippen LogP contribution in [0.3, 0.4) is 0 Å². The third-order valence-corrected chi connectivity index (χ3v) is 4.02. The van der Waals surface area contributed by atoms with E-state index in [0.29, 0.717) is 0 Å². The molecule has 134 valence electrons. The quantitative estimate of drug-likeness (QED) is 0.525. The van der Waals surface area contributed by atoms with Crippen LogP contribution in [0.1, 0.15) is 52.8 Å². The second kappa shape index (κ2) is 8.22. The van der Waals surface area contributed by atoms with Gasteiger partial charge in [-0.1, -0.05) is 19.3 Å². The second-order valence-electron chi connectivity index (χ2n) is 5.92. The topological polar surface area (TPSA) is 139 Å². The Balaban J connectivity index is 1.98. The van der Waals surface area contributed by atoms with Crippen molar-refractivity contribution in [2.75, 3.05) is 6.54 Å². The number of aromatic carboxylic acids is 1. The van der Waals surface area contributed by atoms with E-state index in [-0.39, 0.29) is 29.6 Å². The summed E-state index contributed by atoms with van der Waals surface area (Å²) in [4.78, 5) is 45.0. The number of nitro benzene ring substituents is 1. The van der Waals surface area contributed by atoms with Gasteiger partial charge in [-0.15, -0.1) is 0 Å². The molecule has 1 aromatic rings. The molecule has 2 amide bonds. The summed E-state index contributed by atoms with van der Waals surface area (Å²) in [5, 5.41) is 25.0. The zero-order chi connectivity index (χ0) is 18.4. The van der Waals surface area contributed by atoms with Crippen LogP contribution in [0.5, 0.6) is 0 Å². The smallest absolute Gasteiger partial charge is 0.335 e. The van der Waals surface area contributed by atoms with Crippen molar-refractivity contribution in [2.45, 2.75) is 38.1 Å². The summed E-state index contributed by atoms with van der Waals surface area (Å²) in [5.41, 5.74) is -1.06. The summed E-state index contributed by atoms with van der Waals surface area (Å²) in [6.07, 6.45) is 5.09. The predicted octanol–water partition coefficient (Wildman–Crippen LogP) is 1.47. The van der Waals surface area contributed by atoms with E-state index in [9.17, 15) is 24.5 Å². The summed E-state index contributed by atoms with van der Waals surface area (Å²) >= 11 is 0. The SMILES string of the molecule is O=C(CNC(=O)c1cc(C(=O)O)cc([N+](=O)[O-])c1)NC1CCCCC1. The molecule has 0 radical (unpaired) electrons. The summed E-state index contributed by atoms with van der Waals surface area (Å²) in [7, 11) is 0. The lowest BCUT2D eigenvalue weighted by Crippen LogP contribution is -2.42. The first-order chi connectivity index (χ1) is 11.9. The van der Waals surface area contributed by atoms with Gasteiger partial charge in [-0.3, -0.25) is 19.7 Å². The first-order valence-corrected chi connectivity index (χ1v) is 7.97. The van der Waals surface area contributed by atoms with Crippen molar-refractivity contribution in [3.05, 3.63) is 39.4 Å². The molecule has 1 aliphatic carbocycles. The van der Waals surface area contributed by atoms with E-state index in [2.05, 4.69) is 10.6 Å². The van der Waals surface area contributed by atoms with Gasteiger partial charge in [-0.2, -0.15) is 0 Å². The monoisotopic (exact) mass is 349 g/mol. The van der Waals surface area contributed by atoms with Crippen molar-refractivity contribution in [3.8, 4) is 0 Å². The molecule has 0 unspecified atom stereocenters. The maximum atomic E-state index is 12.1. The van der Waals surface area contributed by atoms with Crippen molar-refractivity contribution in [3.63, 3.8) is 0 Å². The summed E-state index contributed by atoms with van der Waals surface area (Å²) < 4.78 is 0. The normalized spacial score (nSPS) is 14.6. The molecular weight excluding hydrogens is 330 g/mol. The fraction of sp³-hybridized carbons (Fsp3) is 0.438. The zero-order valence-corrected chi connectivity index (χ0v) is 13.5. The zero-order valence-electron chi connectivity index (χ0n) is 13.5. The maximum Gasteiger partial charge on any atom is 0.335 e. The van der Waals surface area contributed by atoms with E-state index < -0.39 is 22.5 Å². The molecule has 0 spiro atoms. The summed E-state index contributed by atoms with van der Waals surface area (Å²) in [6, 6.07) is 2.98. The van der Waals surface area contributed by atoms with Crippen LogP contribution in [0, 0.1) is 10.1 Å². The molecule has 1 saturated carbocycles. The van der Waals surface area contributed by atoms with Gasteiger partial charge in [-0.25, -0.2) is 4.79 Å². The van der Waals surface area contributed by atoms with E-state index in [4.69, 9.17) is 5.11 Å². The molecule has 0 bridgehead atoms. The van der Waals surface area contributed by atoms with Crippen LogP contribution in [0.4, 0.5) is 5.69 Å². The number of benzene rings is 1. The number of carbonyl (C=O) groups is 3. The lowest BCUT2D eigenvalue weighted by Gasteiger charge is -2.22. The number of nitro groups is 1. The van der Waals surface area contributed by atoms with Crippen LogP contribution >= 0.6 is 0 Å². The standard InChI is InChI=1S/C16H19N3O6/c20-14(18-12-4-2-1-3-5-12)9-17-15(21)10-6-11(16(22)23)8-13(7-10)19(24)25/h6-8,12H,1-5,9H2,(H,17,21)(H,18,20)(H,22,23).